The number of anilines is 1. The fourth-order valence-electron chi connectivity index (χ4n) is 3.20. The van der Waals surface area contributed by atoms with Crippen molar-refractivity contribution in [3.05, 3.63) is 30.1 Å². The number of pyridine rings is 1. The smallest absolute Gasteiger partial charge is 0.153 e. The van der Waals surface area contributed by atoms with Crippen LogP contribution < -0.4 is 4.90 Å². The van der Waals surface area contributed by atoms with Crippen LogP contribution in [0.5, 0.6) is 0 Å². The lowest BCUT2D eigenvalue weighted by Gasteiger charge is -2.29. The van der Waals surface area contributed by atoms with Crippen molar-refractivity contribution in [3.8, 4) is 0 Å². The molecule has 0 saturated heterocycles. The third-order valence-corrected chi connectivity index (χ3v) is 4.14. The zero-order chi connectivity index (χ0) is 13.9. The van der Waals surface area contributed by atoms with Crippen LogP contribution in [-0.4, -0.2) is 38.8 Å². The van der Waals surface area contributed by atoms with E-state index in [0.717, 1.165) is 30.0 Å². The van der Waals surface area contributed by atoms with Gasteiger partial charge in [0, 0.05) is 18.8 Å². The molecule has 1 aliphatic carbocycles. The highest BCUT2D eigenvalue weighted by atomic mass is 16.3. The first kappa shape index (κ1) is 13.4. The fraction of sp³-hybridized carbons (Fsp3) is 0.533. The molecule has 2 aromatic heterocycles. The Hall–Kier alpha value is -1.59. The Kier molecular flexibility index (Phi) is 3.89. The van der Waals surface area contributed by atoms with E-state index in [1.165, 1.54) is 12.8 Å². The van der Waals surface area contributed by atoms with Gasteiger partial charge in [0.2, 0.25) is 0 Å². The molecule has 0 spiro atoms. The number of aliphatic hydroxyl groups is 2. The van der Waals surface area contributed by atoms with Gasteiger partial charge in [-0.15, -0.1) is 0 Å². The molecule has 5 nitrogen and oxygen atoms in total. The van der Waals surface area contributed by atoms with Crippen molar-refractivity contribution >= 4 is 11.5 Å². The summed E-state index contributed by atoms with van der Waals surface area (Å²) in [7, 11) is 0. The molecular formula is C15H21N3O2. The number of aromatic nitrogens is 2. The third-order valence-electron chi connectivity index (χ3n) is 4.14. The molecule has 0 bridgehead atoms. The molecule has 20 heavy (non-hydrogen) atoms. The summed E-state index contributed by atoms with van der Waals surface area (Å²) in [5, 5.41) is 19.1. The number of nitrogens with zero attached hydrogens (tertiary/aromatic N) is 3. The summed E-state index contributed by atoms with van der Waals surface area (Å²) in [4.78, 5) is 6.84. The van der Waals surface area contributed by atoms with E-state index >= 15 is 0 Å². The second-order valence-electron chi connectivity index (χ2n) is 5.32. The second-order valence-corrected chi connectivity index (χ2v) is 5.32. The molecule has 5 heteroatoms. The van der Waals surface area contributed by atoms with Crippen molar-refractivity contribution in [2.75, 3.05) is 18.1 Å². The monoisotopic (exact) mass is 275 g/mol. The van der Waals surface area contributed by atoms with E-state index < -0.39 is 0 Å². The Labute approximate surface area is 118 Å². The van der Waals surface area contributed by atoms with Gasteiger partial charge < -0.3 is 15.1 Å². The molecule has 1 saturated carbocycles. The summed E-state index contributed by atoms with van der Waals surface area (Å²) in [6.45, 7) is 0.631. The molecule has 0 aliphatic heterocycles. The van der Waals surface area contributed by atoms with Crippen molar-refractivity contribution in [3.63, 3.8) is 0 Å². The maximum absolute atomic E-state index is 9.72. The van der Waals surface area contributed by atoms with Crippen LogP contribution in [0, 0.1) is 0 Å². The Morgan fingerprint density at radius 3 is 2.75 bits per heavy atom. The van der Waals surface area contributed by atoms with Crippen molar-refractivity contribution in [1.82, 2.24) is 9.38 Å². The second kappa shape index (κ2) is 5.81. The van der Waals surface area contributed by atoms with E-state index in [0.29, 0.717) is 12.6 Å². The largest absolute Gasteiger partial charge is 0.395 e. The topological polar surface area (TPSA) is 61.0 Å². The number of hydrogen-bond acceptors (Lipinski definition) is 4. The summed E-state index contributed by atoms with van der Waals surface area (Å²) in [6.07, 6.45) is 6.66. The third kappa shape index (κ3) is 2.27. The van der Waals surface area contributed by atoms with E-state index in [4.69, 9.17) is 0 Å². The SMILES string of the molecule is OCCN(c1nc2ccccn2c1CO)C1CCCC1. The molecule has 0 unspecified atom stereocenters. The Bertz CT molecular complexity index is 576. The van der Waals surface area contributed by atoms with Crippen LogP contribution in [0.25, 0.3) is 5.65 Å². The molecule has 2 N–H and O–H groups in total. The predicted molar refractivity (Wildman–Crippen MR) is 77.8 cm³/mol. The summed E-state index contributed by atoms with van der Waals surface area (Å²) < 4.78 is 1.93. The lowest BCUT2D eigenvalue weighted by molar-refractivity contribution is 0.274. The zero-order valence-corrected chi connectivity index (χ0v) is 11.6. The number of imidazole rings is 1. The molecule has 3 rings (SSSR count). The van der Waals surface area contributed by atoms with Gasteiger partial charge in [0.25, 0.3) is 0 Å². The van der Waals surface area contributed by atoms with Crippen LogP contribution >= 0.6 is 0 Å². The van der Waals surface area contributed by atoms with Gasteiger partial charge in [-0.1, -0.05) is 18.9 Å². The lowest BCUT2D eigenvalue weighted by Crippen LogP contribution is -2.36. The van der Waals surface area contributed by atoms with Gasteiger partial charge in [-0.2, -0.15) is 0 Å². The number of hydrogen-bond donors (Lipinski definition) is 2. The standard InChI is InChI=1S/C15H21N3O2/c19-10-9-17(12-5-1-2-6-12)15-13(11-20)18-8-4-3-7-14(18)16-15/h3-4,7-8,12,19-20H,1-2,5-6,9-11H2. The highest BCUT2D eigenvalue weighted by Crippen LogP contribution is 2.30. The minimum atomic E-state index is -0.0465. The first-order chi connectivity index (χ1) is 9.85. The Balaban J connectivity index is 2.04. The van der Waals surface area contributed by atoms with Crippen LogP contribution in [0.3, 0.4) is 0 Å². The highest BCUT2D eigenvalue weighted by Gasteiger charge is 2.26. The van der Waals surface area contributed by atoms with E-state index in [1.807, 2.05) is 28.8 Å². The molecule has 2 heterocycles. The van der Waals surface area contributed by atoms with Gasteiger partial charge in [-0.05, 0) is 25.0 Å². The first-order valence-corrected chi connectivity index (χ1v) is 7.29. The van der Waals surface area contributed by atoms with Crippen molar-refractivity contribution in [1.29, 1.82) is 0 Å². The van der Waals surface area contributed by atoms with E-state index in [-0.39, 0.29) is 13.2 Å². The van der Waals surface area contributed by atoms with Gasteiger partial charge in [-0.3, -0.25) is 4.40 Å². The average Bonchev–Trinajstić information content (AvgIpc) is 3.11. The zero-order valence-electron chi connectivity index (χ0n) is 11.6. The van der Waals surface area contributed by atoms with Gasteiger partial charge in [0.1, 0.15) is 5.65 Å². The Morgan fingerprint density at radius 2 is 2.05 bits per heavy atom. The molecule has 0 amide bonds. The number of rotatable bonds is 5. The maximum atomic E-state index is 9.72. The molecule has 0 radical (unpaired) electrons. The summed E-state index contributed by atoms with van der Waals surface area (Å²) in [5.74, 6) is 0.819. The highest BCUT2D eigenvalue weighted by molar-refractivity contribution is 5.56. The van der Waals surface area contributed by atoms with Gasteiger partial charge in [-0.25, -0.2) is 4.98 Å². The van der Waals surface area contributed by atoms with Crippen LogP contribution in [-0.2, 0) is 6.61 Å². The van der Waals surface area contributed by atoms with Crippen molar-refractivity contribution < 1.29 is 10.2 Å². The molecule has 108 valence electrons. The average molecular weight is 275 g/mol. The fourth-order valence-corrected chi connectivity index (χ4v) is 3.20. The van der Waals surface area contributed by atoms with Crippen LogP contribution in [0.15, 0.2) is 24.4 Å². The predicted octanol–water partition coefficient (Wildman–Crippen LogP) is 1.57. The van der Waals surface area contributed by atoms with Gasteiger partial charge in [0.15, 0.2) is 5.82 Å². The van der Waals surface area contributed by atoms with Crippen LogP contribution in [0.2, 0.25) is 0 Å². The molecule has 0 atom stereocenters. The number of fused-ring (bicyclic) bond motifs is 1. The van der Waals surface area contributed by atoms with E-state index in [2.05, 4.69) is 9.88 Å². The van der Waals surface area contributed by atoms with E-state index in [9.17, 15) is 10.2 Å². The quantitative estimate of drug-likeness (QED) is 0.869. The van der Waals surface area contributed by atoms with E-state index in [1.54, 1.807) is 0 Å². The molecular weight excluding hydrogens is 254 g/mol. The van der Waals surface area contributed by atoms with Gasteiger partial charge >= 0.3 is 0 Å². The molecule has 0 aromatic carbocycles. The summed E-state index contributed by atoms with van der Waals surface area (Å²) in [6, 6.07) is 6.24. The maximum Gasteiger partial charge on any atom is 0.153 e. The molecule has 1 fully saturated rings. The minimum absolute atomic E-state index is 0.0465. The molecule has 1 aliphatic rings. The molecule has 2 aromatic rings. The van der Waals surface area contributed by atoms with Crippen molar-refractivity contribution in [2.24, 2.45) is 0 Å². The minimum Gasteiger partial charge on any atom is -0.395 e. The number of aliphatic hydroxyl groups excluding tert-OH is 2. The normalized spacial score (nSPS) is 16.1. The summed E-state index contributed by atoms with van der Waals surface area (Å²) >= 11 is 0. The first-order valence-electron chi connectivity index (χ1n) is 7.29. The van der Waals surface area contributed by atoms with Gasteiger partial charge in [0.05, 0.1) is 18.9 Å². The van der Waals surface area contributed by atoms with Crippen LogP contribution in [0.1, 0.15) is 31.4 Å². The van der Waals surface area contributed by atoms with Crippen molar-refractivity contribution in [2.45, 2.75) is 38.3 Å². The summed E-state index contributed by atoms with van der Waals surface area (Å²) in [5.41, 5.74) is 1.65. The lowest BCUT2D eigenvalue weighted by atomic mass is 10.2. The van der Waals surface area contributed by atoms with Crippen LogP contribution in [0.4, 0.5) is 5.82 Å². The Morgan fingerprint density at radius 1 is 1.25 bits per heavy atom.